The monoisotopic (exact) mass is 355 g/mol. The lowest BCUT2D eigenvalue weighted by atomic mass is 10.1. The fraction of sp³-hybridized carbons (Fsp3) is 0.250. The highest BCUT2D eigenvalue weighted by molar-refractivity contribution is 6.22. The molecule has 0 aromatic heterocycles. The molecule has 26 heavy (non-hydrogen) atoms. The van der Waals surface area contributed by atoms with Gasteiger partial charge < -0.3 is 4.74 Å². The standard InChI is InChI=1S/C20H18FNO4/c1-3-12(2)22-18(23)16-9-6-14(10-17(16)19(22)24)20(25)26-11-13-4-7-15(21)8-5-13/h4-10,12H,3,11H2,1-2H3/t12-/m0/s1. The van der Waals surface area contributed by atoms with E-state index in [-0.39, 0.29) is 35.5 Å². The Morgan fingerprint density at radius 1 is 1.08 bits per heavy atom. The molecule has 0 unspecified atom stereocenters. The molecule has 1 heterocycles. The lowest BCUT2D eigenvalue weighted by Crippen LogP contribution is -2.37. The number of imide groups is 1. The number of nitrogens with zero attached hydrogens (tertiary/aromatic N) is 1. The summed E-state index contributed by atoms with van der Waals surface area (Å²) < 4.78 is 18.1. The molecule has 0 spiro atoms. The van der Waals surface area contributed by atoms with Crippen LogP contribution < -0.4 is 0 Å². The zero-order valence-corrected chi connectivity index (χ0v) is 14.5. The van der Waals surface area contributed by atoms with Crippen molar-refractivity contribution < 1.29 is 23.5 Å². The SMILES string of the molecule is CC[C@H](C)N1C(=O)c2ccc(C(=O)OCc3ccc(F)cc3)cc2C1=O. The Morgan fingerprint density at radius 3 is 2.38 bits per heavy atom. The first-order valence-electron chi connectivity index (χ1n) is 8.36. The van der Waals surface area contributed by atoms with Gasteiger partial charge in [-0.25, -0.2) is 9.18 Å². The number of rotatable bonds is 5. The molecule has 0 fully saturated rings. The van der Waals surface area contributed by atoms with Crippen molar-refractivity contribution in [2.45, 2.75) is 32.9 Å². The van der Waals surface area contributed by atoms with E-state index in [4.69, 9.17) is 4.74 Å². The van der Waals surface area contributed by atoms with Gasteiger partial charge in [0.2, 0.25) is 0 Å². The predicted molar refractivity (Wildman–Crippen MR) is 92.2 cm³/mol. The number of ether oxygens (including phenoxy) is 1. The summed E-state index contributed by atoms with van der Waals surface area (Å²) in [6, 6.07) is 9.75. The number of esters is 1. The van der Waals surface area contributed by atoms with Gasteiger partial charge in [-0.1, -0.05) is 19.1 Å². The molecule has 1 atom stereocenters. The second kappa shape index (κ2) is 7.07. The maximum absolute atomic E-state index is 12.9. The third-order valence-corrected chi connectivity index (χ3v) is 4.47. The lowest BCUT2D eigenvalue weighted by molar-refractivity contribution is 0.0472. The normalized spacial score (nSPS) is 14.3. The van der Waals surface area contributed by atoms with Gasteiger partial charge in [0.1, 0.15) is 12.4 Å². The molecule has 3 rings (SSSR count). The van der Waals surface area contributed by atoms with Crippen molar-refractivity contribution in [3.8, 4) is 0 Å². The second-order valence-electron chi connectivity index (χ2n) is 6.20. The maximum Gasteiger partial charge on any atom is 0.338 e. The minimum atomic E-state index is -0.612. The first-order valence-corrected chi connectivity index (χ1v) is 8.36. The molecule has 0 aliphatic carbocycles. The summed E-state index contributed by atoms with van der Waals surface area (Å²) in [7, 11) is 0. The van der Waals surface area contributed by atoms with Crippen LogP contribution in [0, 0.1) is 5.82 Å². The summed E-state index contributed by atoms with van der Waals surface area (Å²) in [5, 5.41) is 0. The summed E-state index contributed by atoms with van der Waals surface area (Å²) >= 11 is 0. The van der Waals surface area contributed by atoms with Gasteiger partial charge in [0.05, 0.1) is 16.7 Å². The molecule has 0 saturated heterocycles. The van der Waals surface area contributed by atoms with Crippen molar-refractivity contribution >= 4 is 17.8 Å². The number of halogens is 1. The van der Waals surface area contributed by atoms with E-state index < -0.39 is 11.9 Å². The van der Waals surface area contributed by atoms with Crippen LogP contribution >= 0.6 is 0 Å². The van der Waals surface area contributed by atoms with E-state index >= 15 is 0 Å². The number of benzene rings is 2. The average molecular weight is 355 g/mol. The van der Waals surface area contributed by atoms with Crippen molar-refractivity contribution in [1.29, 1.82) is 0 Å². The highest BCUT2D eigenvalue weighted by atomic mass is 19.1. The minimum absolute atomic E-state index is 0.0118. The highest BCUT2D eigenvalue weighted by Gasteiger charge is 2.38. The Bertz CT molecular complexity index is 876. The Kier molecular flexibility index (Phi) is 4.84. The third-order valence-electron chi connectivity index (χ3n) is 4.47. The van der Waals surface area contributed by atoms with Crippen molar-refractivity contribution in [3.63, 3.8) is 0 Å². The Morgan fingerprint density at radius 2 is 1.73 bits per heavy atom. The van der Waals surface area contributed by atoms with Gasteiger partial charge in [-0.2, -0.15) is 0 Å². The van der Waals surface area contributed by atoms with Crippen LogP contribution in [0.15, 0.2) is 42.5 Å². The van der Waals surface area contributed by atoms with Gasteiger partial charge in [0, 0.05) is 6.04 Å². The van der Waals surface area contributed by atoms with Crippen LogP contribution in [0.4, 0.5) is 4.39 Å². The van der Waals surface area contributed by atoms with Gasteiger partial charge in [-0.05, 0) is 49.2 Å². The van der Waals surface area contributed by atoms with Crippen molar-refractivity contribution in [2.24, 2.45) is 0 Å². The summed E-state index contributed by atoms with van der Waals surface area (Å²) in [6.45, 7) is 3.69. The zero-order valence-electron chi connectivity index (χ0n) is 14.5. The Labute approximate surface area is 150 Å². The second-order valence-corrected chi connectivity index (χ2v) is 6.20. The number of hydrogen-bond acceptors (Lipinski definition) is 4. The van der Waals surface area contributed by atoms with Gasteiger partial charge in [0.15, 0.2) is 0 Å². The van der Waals surface area contributed by atoms with Crippen LogP contribution in [0.5, 0.6) is 0 Å². The van der Waals surface area contributed by atoms with Gasteiger partial charge >= 0.3 is 5.97 Å². The van der Waals surface area contributed by atoms with Crippen LogP contribution in [-0.4, -0.2) is 28.7 Å². The van der Waals surface area contributed by atoms with Crippen LogP contribution in [0.2, 0.25) is 0 Å². The lowest BCUT2D eigenvalue weighted by Gasteiger charge is -2.20. The molecule has 0 N–H and O–H groups in total. The van der Waals surface area contributed by atoms with Crippen molar-refractivity contribution in [2.75, 3.05) is 0 Å². The van der Waals surface area contributed by atoms with Crippen LogP contribution in [0.1, 0.15) is 56.9 Å². The molecule has 5 nitrogen and oxygen atoms in total. The number of carbonyl (C=O) groups excluding carboxylic acids is 3. The van der Waals surface area contributed by atoms with E-state index in [1.54, 1.807) is 6.92 Å². The van der Waals surface area contributed by atoms with Gasteiger partial charge in [-0.15, -0.1) is 0 Å². The fourth-order valence-corrected chi connectivity index (χ4v) is 2.78. The molecular weight excluding hydrogens is 337 g/mol. The van der Waals surface area contributed by atoms with Crippen LogP contribution in [0.3, 0.4) is 0 Å². The maximum atomic E-state index is 12.9. The van der Waals surface area contributed by atoms with E-state index in [2.05, 4.69) is 0 Å². The first-order chi connectivity index (χ1) is 12.4. The Balaban J connectivity index is 1.76. The smallest absolute Gasteiger partial charge is 0.338 e. The summed E-state index contributed by atoms with van der Waals surface area (Å²) in [4.78, 5) is 38.4. The molecule has 6 heteroatoms. The van der Waals surface area contributed by atoms with Crippen LogP contribution in [0.25, 0.3) is 0 Å². The molecule has 2 amide bonds. The molecule has 0 bridgehead atoms. The topological polar surface area (TPSA) is 63.7 Å². The van der Waals surface area contributed by atoms with E-state index in [1.807, 2.05) is 6.92 Å². The first kappa shape index (κ1) is 17.8. The average Bonchev–Trinajstić information content (AvgIpc) is 2.90. The molecule has 1 aliphatic rings. The van der Waals surface area contributed by atoms with Gasteiger partial charge in [0.25, 0.3) is 11.8 Å². The van der Waals surface area contributed by atoms with E-state index in [0.717, 1.165) is 0 Å². The largest absolute Gasteiger partial charge is 0.457 e. The number of hydrogen-bond donors (Lipinski definition) is 0. The molecule has 2 aromatic rings. The van der Waals surface area contributed by atoms with Crippen molar-refractivity contribution in [3.05, 3.63) is 70.5 Å². The fourth-order valence-electron chi connectivity index (χ4n) is 2.78. The minimum Gasteiger partial charge on any atom is -0.457 e. The zero-order chi connectivity index (χ0) is 18.8. The number of amides is 2. The summed E-state index contributed by atoms with van der Waals surface area (Å²) in [6.07, 6.45) is 0.651. The number of carbonyl (C=O) groups is 3. The molecule has 0 radical (unpaired) electrons. The van der Waals surface area contributed by atoms with E-state index in [9.17, 15) is 18.8 Å². The van der Waals surface area contributed by atoms with E-state index in [1.165, 1.54) is 47.4 Å². The summed E-state index contributed by atoms with van der Waals surface area (Å²) in [5.41, 5.74) is 1.35. The number of fused-ring (bicyclic) bond motifs is 1. The van der Waals surface area contributed by atoms with E-state index in [0.29, 0.717) is 17.5 Å². The molecule has 0 saturated carbocycles. The predicted octanol–water partition coefficient (Wildman–Crippen LogP) is 3.58. The molecule has 2 aromatic carbocycles. The highest BCUT2D eigenvalue weighted by Crippen LogP contribution is 2.27. The summed E-state index contributed by atoms with van der Waals surface area (Å²) in [5.74, 6) is -1.72. The van der Waals surface area contributed by atoms with Gasteiger partial charge in [-0.3, -0.25) is 14.5 Å². The molecule has 1 aliphatic heterocycles. The quantitative estimate of drug-likeness (QED) is 0.607. The molecule has 134 valence electrons. The third kappa shape index (κ3) is 3.22. The Hall–Kier alpha value is -3.02. The molecular formula is C20H18FNO4. The van der Waals surface area contributed by atoms with Crippen LogP contribution in [-0.2, 0) is 11.3 Å². The van der Waals surface area contributed by atoms with Crippen molar-refractivity contribution in [1.82, 2.24) is 4.90 Å².